The molecule has 0 unspecified atom stereocenters. The Kier molecular flexibility index (Phi) is 4.48. The first-order valence-electron chi connectivity index (χ1n) is 6.53. The van der Waals surface area contributed by atoms with Crippen LogP contribution in [0, 0.1) is 12.7 Å². The highest BCUT2D eigenvalue weighted by atomic mass is 19.4. The van der Waals surface area contributed by atoms with E-state index in [1.54, 1.807) is 13.8 Å². The van der Waals surface area contributed by atoms with Gasteiger partial charge < -0.3 is 10.6 Å². The van der Waals surface area contributed by atoms with Crippen molar-refractivity contribution in [1.29, 1.82) is 0 Å². The first-order valence-corrected chi connectivity index (χ1v) is 6.53. The Morgan fingerprint density at radius 3 is 2.45 bits per heavy atom. The van der Waals surface area contributed by atoms with Gasteiger partial charge in [-0.2, -0.15) is 18.2 Å². The molecule has 0 radical (unpaired) electrons. The van der Waals surface area contributed by atoms with E-state index < -0.39 is 17.7 Å². The molecule has 0 saturated heterocycles. The lowest BCUT2D eigenvalue weighted by Crippen LogP contribution is -2.13. The van der Waals surface area contributed by atoms with Crippen LogP contribution in [0.5, 0.6) is 0 Å². The van der Waals surface area contributed by atoms with Gasteiger partial charge in [-0.1, -0.05) is 0 Å². The predicted molar refractivity (Wildman–Crippen MR) is 75.6 cm³/mol. The quantitative estimate of drug-likeness (QED) is 0.834. The summed E-state index contributed by atoms with van der Waals surface area (Å²) in [5.74, 6) is -0.541. The maximum atomic E-state index is 13.2. The number of nitrogens with one attached hydrogen (secondary N) is 2. The molecule has 0 amide bonds. The highest BCUT2D eigenvalue weighted by molar-refractivity contribution is 5.58. The molecule has 0 atom stereocenters. The van der Waals surface area contributed by atoms with Crippen molar-refractivity contribution in [1.82, 2.24) is 9.97 Å². The molecule has 0 bridgehead atoms. The largest absolute Gasteiger partial charge is 0.433 e. The van der Waals surface area contributed by atoms with E-state index >= 15 is 0 Å². The van der Waals surface area contributed by atoms with Crippen LogP contribution in [-0.2, 0) is 6.18 Å². The second-order valence-corrected chi connectivity index (χ2v) is 4.58. The topological polar surface area (TPSA) is 49.8 Å². The van der Waals surface area contributed by atoms with E-state index in [1.807, 2.05) is 0 Å². The summed E-state index contributed by atoms with van der Waals surface area (Å²) in [6, 6.07) is 4.94. The Labute approximate surface area is 124 Å². The van der Waals surface area contributed by atoms with Gasteiger partial charge in [0.1, 0.15) is 11.6 Å². The van der Waals surface area contributed by atoms with Crippen molar-refractivity contribution in [2.24, 2.45) is 0 Å². The maximum absolute atomic E-state index is 13.2. The van der Waals surface area contributed by atoms with Gasteiger partial charge in [0.25, 0.3) is 0 Å². The standard InChI is InChI=1S/C14H14F4N4/c1-3-19-13-21-11(14(16,17)18)7-12(22-13)20-9-4-5-10(15)8(2)6-9/h4-7H,3H2,1-2H3,(H2,19,20,21,22). The first kappa shape index (κ1) is 16.0. The summed E-state index contributed by atoms with van der Waals surface area (Å²) in [6.45, 7) is 3.67. The van der Waals surface area contributed by atoms with Gasteiger partial charge in [-0.05, 0) is 37.6 Å². The molecule has 2 rings (SSSR count). The molecule has 0 saturated carbocycles. The number of rotatable bonds is 4. The van der Waals surface area contributed by atoms with E-state index in [0.29, 0.717) is 17.8 Å². The molecule has 4 nitrogen and oxygen atoms in total. The summed E-state index contributed by atoms with van der Waals surface area (Å²) in [5, 5.41) is 5.37. The normalized spacial score (nSPS) is 11.4. The van der Waals surface area contributed by atoms with E-state index in [1.165, 1.54) is 18.2 Å². The third-order valence-electron chi connectivity index (χ3n) is 2.78. The molecule has 0 aliphatic heterocycles. The van der Waals surface area contributed by atoms with E-state index in [0.717, 1.165) is 6.07 Å². The predicted octanol–water partition coefficient (Wildman–Crippen LogP) is 4.12. The number of anilines is 3. The van der Waals surface area contributed by atoms with Gasteiger partial charge in [0.05, 0.1) is 0 Å². The van der Waals surface area contributed by atoms with Crippen molar-refractivity contribution in [2.75, 3.05) is 17.2 Å². The fourth-order valence-corrected chi connectivity index (χ4v) is 1.76. The van der Waals surface area contributed by atoms with Crippen LogP contribution < -0.4 is 10.6 Å². The van der Waals surface area contributed by atoms with Crippen molar-refractivity contribution < 1.29 is 17.6 Å². The van der Waals surface area contributed by atoms with Crippen LogP contribution in [0.4, 0.5) is 35.0 Å². The molecule has 1 aromatic heterocycles. The second-order valence-electron chi connectivity index (χ2n) is 4.58. The van der Waals surface area contributed by atoms with Crippen molar-refractivity contribution in [3.05, 3.63) is 41.3 Å². The summed E-state index contributed by atoms with van der Waals surface area (Å²) >= 11 is 0. The van der Waals surface area contributed by atoms with Crippen LogP contribution in [0.1, 0.15) is 18.2 Å². The Balaban J connectivity index is 2.36. The summed E-state index contributed by atoms with van der Waals surface area (Å²) in [5.41, 5.74) is -0.241. The van der Waals surface area contributed by atoms with Crippen LogP contribution in [0.3, 0.4) is 0 Å². The van der Waals surface area contributed by atoms with Crippen LogP contribution in [0.2, 0.25) is 0 Å². The zero-order valence-corrected chi connectivity index (χ0v) is 11.9. The monoisotopic (exact) mass is 314 g/mol. The van der Waals surface area contributed by atoms with Gasteiger partial charge in [0.15, 0.2) is 5.69 Å². The number of alkyl halides is 3. The Bertz CT molecular complexity index is 670. The summed E-state index contributed by atoms with van der Waals surface area (Å²) in [4.78, 5) is 7.38. The highest BCUT2D eigenvalue weighted by Gasteiger charge is 2.33. The lowest BCUT2D eigenvalue weighted by molar-refractivity contribution is -0.141. The van der Waals surface area contributed by atoms with Gasteiger partial charge in [-0.15, -0.1) is 0 Å². The Morgan fingerprint density at radius 1 is 1.14 bits per heavy atom. The smallest absolute Gasteiger partial charge is 0.354 e. The average Bonchev–Trinajstić information content (AvgIpc) is 2.42. The third-order valence-corrected chi connectivity index (χ3v) is 2.78. The molecule has 22 heavy (non-hydrogen) atoms. The molecule has 118 valence electrons. The Hall–Kier alpha value is -2.38. The molecule has 1 aromatic carbocycles. The van der Waals surface area contributed by atoms with Crippen LogP contribution in [0.15, 0.2) is 24.3 Å². The van der Waals surface area contributed by atoms with Crippen molar-refractivity contribution in [3.63, 3.8) is 0 Å². The van der Waals surface area contributed by atoms with Crippen LogP contribution in [0.25, 0.3) is 0 Å². The Morgan fingerprint density at radius 2 is 1.86 bits per heavy atom. The number of aromatic nitrogens is 2. The lowest BCUT2D eigenvalue weighted by Gasteiger charge is -2.12. The molecule has 0 fully saturated rings. The van der Waals surface area contributed by atoms with Gasteiger partial charge in [0, 0.05) is 18.3 Å². The zero-order chi connectivity index (χ0) is 16.3. The molecule has 2 aromatic rings. The van der Waals surface area contributed by atoms with Crippen LogP contribution >= 0.6 is 0 Å². The van der Waals surface area contributed by atoms with E-state index in [-0.39, 0.29) is 11.8 Å². The van der Waals surface area contributed by atoms with Gasteiger partial charge in [-0.3, -0.25) is 0 Å². The zero-order valence-electron chi connectivity index (χ0n) is 11.9. The molecule has 0 aliphatic carbocycles. The minimum absolute atomic E-state index is 0.0238. The fraction of sp³-hybridized carbons (Fsp3) is 0.286. The second kappa shape index (κ2) is 6.17. The molecule has 1 heterocycles. The minimum Gasteiger partial charge on any atom is -0.354 e. The lowest BCUT2D eigenvalue weighted by atomic mass is 10.2. The minimum atomic E-state index is -4.58. The van der Waals surface area contributed by atoms with Gasteiger partial charge in [0.2, 0.25) is 5.95 Å². The molecular formula is C14H14F4N4. The highest BCUT2D eigenvalue weighted by Crippen LogP contribution is 2.30. The molecule has 0 spiro atoms. The van der Waals surface area contributed by atoms with Gasteiger partial charge >= 0.3 is 6.18 Å². The van der Waals surface area contributed by atoms with Gasteiger partial charge in [-0.25, -0.2) is 9.37 Å². The third kappa shape index (κ3) is 3.84. The molecule has 8 heteroatoms. The maximum Gasteiger partial charge on any atom is 0.433 e. The number of halogens is 4. The van der Waals surface area contributed by atoms with Crippen molar-refractivity contribution in [2.45, 2.75) is 20.0 Å². The SMILES string of the molecule is CCNc1nc(Nc2ccc(F)c(C)c2)cc(C(F)(F)F)n1. The van der Waals surface area contributed by atoms with E-state index in [2.05, 4.69) is 20.6 Å². The summed E-state index contributed by atoms with van der Waals surface area (Å²) in [7, 11) is 0. The molecule has 2 N–H and O–H groups in total. The number of hydrogen-bond donors (Lipinski definition) is 2. The van der Waals surface area contributed by atoms with E-state index in [4.69, 9.17) is 0 Å². The van der Waals surface area contributed by atoms with Crippen LogP contribution in [-0.4, -0.2) is 16.5 Å². The van der Waals surface area contributed by atoms with Crippen molar-refractivity contribution >= 4 is 17.5 Å². The number of hydrogen-bond acceptors (Lipinski definition) is 4. The fourth-order valence-electron chi connectivity index (χ4n) is 1.76. The van der Waals surface area contributed by atoms with Crippen molar-refractivity contribution in [3.8, 4) is 0 Å². The first-order chi connectivity index (χ1) is 10.3. The molecular weight excluding hydrogens is 300 g/mol. The number of aryl methyl sites for hydroxylation is 1. The van der Waals surface area contributed by atoms with E-state index in [9.17, 15) is 17.6 Å². The number of benzene rings is 1. The average molecular weight is 314 g/mol. The molecule has 0 aliphatic rings. The summed E-state index contributed by atoms with van der Waals surface area (Å²) in [6.07, 6.45) is -4.58. The number of nitrogens with zero attached hydrogens (tertiary/aromatic N) is 2. The summed E-state index contributed by atoms with van der Waals surface area (Å²) < 4.78 is 51.8.